The van der Waals surface area contributed by atoms with Gasteiger partial charge >= 0.3 is 0 Å². The Hall–Kier alpha value is -3.19. The van der Waals surface area contributed by atoms with Gasteiger partial charge in [-0.2, -0.15) is 5.26 Å². The van der Waals surface area contributed by atoms with Crippen LogP contribution in [-0.2, 0) is 6.54 Å². The molecule has 0 N–H and O–H groups in total. The molecule has 3 aromatic rings. The third-order valence-electron chi connectivity index (χ3n) is 3.84. The summed E-state index contributed by atoms with van der Waals surface area (Å²) in [7, 11) is 0. The highest BCUT2D eigenvalue weighted by Gasteiger charge is 2.25. The molecule has 0 unspecified atom stereocenters. The minimum Gasteiger partial charge on any atom is -0.243 e. The highest BCUT2D eigenvalue weighted by molar-refractivity contribution is 5.44. The van der Waals surface area contributed by atoms with Crippen LogP contribution in [0.4, 0.5) is 0 Å². The zero-order valence-electron chi connectivity index (χ0n) is 13.6. The minimum absolute atomic E-state index is 0.101. The first kappa shape index (κ1) is 15.7. The molecule has 0 aliphatic rings. The predicted molar refractivity (Wildman–Crippen MR) is 93.4 cm³/mol. The van der Waals surface area contributed by atoms with E-state index < -0.39 is 0 Å². The molecule has 4 heteroatoms. The number of rotatable bonds is 5. The van der Waals surface area contributed by atoms with Crippen LogP contribution >= 0.6 is 0 Å². The Labute approximate surface area is 141 Å². The van der Waals surface area contributed by atoms with Crippen molar-refractivity contribution in [3.8, 4) is 6.07 Å². The van der Waals surface area contributed by atoms with Crippen molar-refractivity contribution in [1.82, 2.24) is 15.0 Å². The molecule has 1 heterocycles. The van der Waals surface area contributed by atoms with Crippen molar-refractivity contribution in [1.29, 1.82) is 5.26 Å². The van der Waals surface area contributed by atoms with Crippen molar-refractivity contribution in [2.75, 3.05) is 0 Å². The molecule has 118 valence electrons. The molecule has 0 bridgehead atoms. The fraction of sp³-hybridized carbons (Fsp3) is 0.150. The van der Waals surface area contributed by atoms with Crippen LogP contribution in [0.15, 0.2) is 72.8 Å². The lowest BCUT2D eigenvalue weighted by molar-refractivity contribution is 0.607. The third kappa shape index (κ3) is 3.11. The van der Waals surface area contributed by atoms with E-state index in [0.29, 0.717) is 12.2 Å². The van der Waals surface area contributed by atoms with E-state index in [1.54, 1.807) is 4.68 Å². The number of benzene rings is 2. The van der Waals surface area contributed by atoms with Crippen molar-refractivity contribution in [2.24, 2.45) is 0 Å². The van der Waals surface area contributed by atoms with Gasteiger partial charge < -0.3 is 0 Å². The largest absolute Gasteiger partial charge is 0.243 e. The minimum atomic E-state index is -0.101. The smallest absolute Gasteiger partial charge is 0.186 e. The van der Waals surface area contributed by atoms with Gasteiger partial charge in [-0.25, -0.2) is 4.68 Å². The molecular weight excluding hydrogens is 296 g/mol. The third-order valence-corrected chi connectivity index (χ3v) is 3.84. The summed E-state index contributed by atoms with van der Waals surface area (Å²) in [6.07, 6.45) is 0. The first-order valence-electron chi connectivity index (χ1n) is 7.78. The Morgan fingerprint density at radius 3 is 2.08 bits per heavy atom. The molecule has 4 nitrogen and oxygen atoms in total. The van der Waals surface area contributed by atoms with Crippen LogP contribution in [0.25, 0.3) is 0 Å². The van der Waals surface area contributed by atoms with Gasteiger partial charge in [0.15, 0.2) is 5.69 Å². The molecule has 3 rings (SSSR count). The van der Waals surface area contributed by atoms with Gasteiger partial charge in [-0.15, -0.1) is 5.10 Å². The first-order valence-corrected chi connectivity index (χ1v) is 7.78. The van der Waals surface area contributed by atoms with Crippen LogP contribution in [0.3, 0.4) is 0 Å². The van der Waals surface area contributed by atoms with Crippen LogP contribution in [0, 0.1) is 11.3 Å². The van der Waals surface area contributed by atoms with Crippen LogP contribution in [-0.4, -0.2) is 15.0 Å². The highest BCUT2D eigenvalue weighted by Crippen LogP contribution is 2.33. The highest BCUT2D eigenvalue weighted by atomic mass is 15.4. The second kappa shape index (κ2) is 6.93. The lowest BCUT2D eigenvalue weighted by Crippen LogP contribution is -2.13. The van der Waals surface area contributed by atoms with Gasteiger partial charge in [0.2, 0.25) is 0 Å². The van der Waals surface area contributed by atoms with E-state index in [1.807, 2.05) is 43.3 Å². The van der Waals surface area contributed by atoms with E-state index in [2.05, 4.69) is 47.2 Å². The van der Waals surface area contributed by atoms with Gasteiger partial charge in [-0.3, -0.25) is 0 Å². The number of nitriles is 1. The number of aromatic nitrogens is 3. The van der Waals surface area contributed by atoms with E-state index in [0.717, 1.165) is 22.4 Å². The van der Waals surface area contributed by atoms with E-state index >= 15 is 0 Å². The summed E-state index contributed by atoms with van der Waals surface area (Å²) in [6, 6.07) is 22.4. The summed E-state index contributed by atoms with van der Waals surface area (Å²) in [5.74, 6) is -0.101. The van der Waals surface area contributed by atoms with Crippen molar-refractivity contribution >= 4 is 0 Å². The topological polar surface area (TPSA) is 54.5 Å². The first-order chi connectivity index (χ1) is 11.7. The Bertz CT molecular complexity index is 834. The SMILES string of the molecule is C=C(C)Cn1nnc(C#N)c1C(c1ccccc1)c1ccccc1. The zero-order chi connectivity index (χ0) is 16.9. The Morgan fingerprint density at radius 2 is 1.62 bits per heavy atom. The Balaban J connectivity index is 2.22. The number of nitrogens with zero attached hydrogens (tertiary/aromatic N) is 4. The molecule has 2 aromatic carbocycles. The average molecular weight is 314 g/mol. The van der Waals surface area contributed by atoms with E-state index in [9.17, 15) is 5.26 Å². The lowest BCUT2D eigenvalue weighted by Gasteiger charge is -2.19. The van der Waals surface area contributed by atoms with Crippen molar-refractivity contribution < 1.29 is 0 Å². The quantitative estimate of drug-likeness (QED) is 0.671. The molecule has 0 aliphatic heterocycles. The van der Waals surface area contributed by atoms with Gasteiger partial charge in [0.05, 0.1) is 18.2 Å². The molecular formula is C20H18N4. The molecule has 0 saturated carbocycles. The molecule has 0 aliphatic carbocycles. The molecule has 24 heavy (non-hydrogen) atoms. The lowest BCUT2D eigenvalue weighted by atomic mass is 9.87. The fourth-order valence-electron chi connectivity index (χ4n) is 2.86. The molecule has 0 saturated heterocycles. The predicted octanol–water partition coefficient (Wildman–Crippen LogP) is 3.91. The monoisotopic (exact) mass is 314 g/mol. The summed E-state index contributed by atoms with van der Waals surface area (Å²) in [5, 5.41) is 17.8. The van der Waals surface area contributed by atoms with Gasteiger partial charge in [0.1, 0.15) is 6.07 Å². The maximum Gasteiger partial charge on any atom is 0.186 e. The van der Waals surface area contributed by atoms with Gasteiger partial charge in [-0.05, 0) is 18.1 Å². The average Bonchev–Trinajstić information content (AvgIpc) is 2.99. The summed E-state index contributed by atoms with van der Waals surface area (Å²) in [5.41, 5.74) is 4.33. The van der Waals surface area contributed by atoms with Crippen LogP contribution in [0.1, 0.15) is 35.4 Å². The zero-order valence-corrected chi connectivity index (χ0v) is 13.6. The maximum atomic E-state index is 9.52. The van der Waals surface area contributed by atoms with Crippen molar-refractivity contribution in [3.05, 3.63) is 95.3 Å². The van der Waals surface area contributed by atoms with Gasteiger partial charge in [-0.1, -0.05) is 78.0 Å². The Kier molecular flexibility index (Phi) is 4.53. The molecule has 0 radical (unpaired) electrons. The van der Waals surface area contributed by atoms with Crippen molar-refractivity contribution in [2.45, 2.75) is 19.4 Å². The second-order valence-electron chi connectivity index (χ2n) is 5.80. The van der Waals surface area contributed by atoms with Crippen LogP contribution in [0.2, 0.25) is 0 Å². The second-order valence-corrected chi connectivity index (χ2v) is 5.80. The Morgan fingerprint density at radius 1 is 1.08 bits per heavy atom. The van der Waals surface area contributed by atoms with Gasteiger partial charge in [0.25, 0.3) is 0 Å². The molecule has 0 amide bonds. The van der Waals surface area contributed by atoms with Crippen LogP contribution in [0.5, 0.6) is 0 Å². The molecule has 0 atom stereocenters. The van der Waals surface area contributed by atoms with Crippen LogP contribution < -0.4 is 0 Å². The summed E-state index contributed by atoms with van der Waals surface area (Å²) in [4.78, 5) is 0. The molecule has 0 spiro atoms. The normalized spacial score (nSPS) is 10.5. The summed E-state index contributed by atoms with van der Waals surface area (Å²) >= 11 is 0. The number of hydrogen-bond donors (Lipinski definition) is 0. The summed E-state index contributed by atoms with van der Waals surface area (Å²) in [6.45, 7) is 6.44. The molecule has 0 fully saturated rings. The summed E-state index contributed by atoms with van der Waals surface area (Å²) < 4.78 is 1.78. The van der Waals surface area contributed by atoms with Crippen molar-refractivity contribution in [3.63, 3.8) is 0 Å². The van der Waals surface area contributed by atoms with E-state index in [1.165, 1.54) is 0 Å². The number of hydrogen-bond acceptors (Lipinski definition) is 3. The standard InChI is InChI=1S/C20H18N4/c1-15(2)14-24-20(18(13-21)22-23-24)19(16-9-5-3-6-10-16)17-11-7-4-8-12-17/h3-12,19H,1,14H2,2H3. The maximum absolute atomic E-state index is 9.52. The molecule has 1 aromatic heterocycles. The van der Waals surface area contributed by atoms with E-state index in [-0.39, 0.29) is 5.92 Å². The fourth-order valence-corrected chi connectivity index (χ4v) is 2.86. The number of allylic oxidation sites excluding steroid dienone is 1. The van der Waals surface area contributed by atoms with Gasteiger partial charge in [0, 0.05) is 0 Å². The van der Waals surface area contributed by atoms with E-state index in [4.69, 9.17) is 0 Å².